The molecule has 1 amide bonds. The van der Waals surface area contributed by atoms with Crippen molar-refractivity contribution >= 4 is 24.6 Å². The third-order valence-corrected chi connectivity index (χ3v) is 16.8. The molecule has 2 aromatic rings. The van der Waals surface area contributed by atoms with Gasteiger partial charge in [0.2, 0.25) is 0 Å². The molecule has 0 saturated heterocycles. The maximum absolute atomic E-state index is 13.5. The maximum Gasteiger partial charge on any atom is 0.261 e. The highest BCUT2D eigenvalue weighted by molar-refractivity contribution is 6.99. The lowest BCUT2D eigenvalue weighted by Crippen LogP contribution is -2.67. The van der Waals surface area contributed by atoms with E-state index in [0.717, 1.165) is 48.9 Å². The fraction of sp³-hybridized carbons (Fsp3) is 0.642. The second-order valence-corrected chi connectivity index (χ2v) is 22.4. The van der Waals surface area contributed by atoms with Gasteiger partial charge in [-0.05, 0) is 60.9 Å². The third kappa shape index (κ3) is 21.5. The lowest BCUT2D eigenvalue weighted by Gasteiger charge is -2.44. The van der Waals surface area contributed by atoms with Crippen LogP contribution in [0, 0.1) is 0 Å². The standard InChI is InChI=1S/C53H87NO4Si/c1-7-9-11-13-15-16-17-18-19-20-21-23-25-35-44-51(56)52(57)54-49(50(55)43-36-26-30-38-46(3)37-29-24-22-14-12-10-8-2)45-58-59(53(4,5)6,47-39-31-27-32-40-47)48-41-33-28-34-42-48/h27-28,31-36,38-44,49-51,55-56H,7-26,29-30,37,45H2,1-6H3,(H,54,57)/b43-36+,44-35+,46-38+/t49-,50+,51+/m0/s1. The number of amides is 1. The summed E-state index contributed by atoms with van der Waals surface area (Å²) in [7, 11) is -2.94. The van der Waals surface area contributed by atoms with Crippen molar-refractivity contribution in [3.63, 3.8) is 0 Å². The van der Waals surface area contributed by atoms with E-state index in [1.807, 2.05) is 24.3 Å². The lowest BCUT2D eigenvalue weighted by atomic mass is 10.0. The molecule has 0 aliphatic rings. The molecule has 3 N–H and O–H groups in total. The molecule has 5 nitrogen and oxygen atoms in total. The number of nitrogens with one attached hydrogen (secondary N) is 1. The van der Waals surface area contributed by atoms with Crippen molar-refractivity contribution in [2.45, 2.75) is 213 Å². The number of benzene rings is 2. The maximum atomic E-state index is 13.5. The van der Waals surface area contributed by atoms with Crippen LogP contribution in [0.3, 0.4) is 0 Å². The van der Waals surface area contributed by atoms with Gasteiger partial charge in [0.15, 0.2) is 6.10 Å². The molecule has 6 heteroatoms. The van der Waals surface area contributed by atoms with Crippen molar-refractivity contribution in [3.8, 4) is 0 Å². The topological polar surface area (TPSA) is 78.8 Å². The molecule has 0 radical (unpaired) electrons. The van der Waals surface area contributed by atoms with E-state index in [-0.39, 0.29) is 11.6 Å². The fourth-order valence-corrected chi connectivity index (χ4v) is 12.7. The summed E-state index contributed by atoms with van der Waals surface area (Å²) < 4.78 is 7.17. The Balaban J connectivity index is 2.06. The number of carbonyl (C=O) groups is 1. The van der Waals surface area contributed by atoms with E-state index in [0.29, 0.717) is 0 Å². The second-order valence-electron chi connectivity index (χ2n) is 18.1. The zero-order chi connectivity index (χ0) is 43.0. The summed E-state index contributed by atoms with van der Waals surface area (Å²) in [6, 6.07) is 20.1. The van der Waals surface area contributed by atoms with Gasteiger partial charge in [0.1, 0.15) is 0 Å². The summed E-state index contributed by atoms with van der Waals surface area (Å²) in [5, 5.41) is 27.6. The summed E-state index contributed by atoms with van der Waals surface area (Å²) in [6.07, 6.45) is 35.8. The molecule has 0 spiro atoms. The number of aliphatic hydroxyl groups excluding tert-OH is 2. The van der Waals surface area contributed by atoms with Crippen molar-refractivity contribution in [1.82, 2.24) is 5.32 Å². The first-order chi connectivity index (χ1) is 28.6. The Bertz CT molecular complexity index is 1380. The second kappa shape index (κ2) is 32.0. The van der Waals surface area contributed by atoms with Gasteiger partial charge < -0.3 is 20.0 Å². The minimum atomic E-state index is -2.94. The monoisotopic (exact) mass is 830 g/mol. The normalized spacial score (nSPS) is 14.3. The van der Waals surface area contributed by atoms with E-state index in [1.165, 1.54) is 115 Å². The van der Waals surface area contributed by atoms with Gasteiger partial charge in [0.25, 0.3) is 14.2 Å². The van der Waals surface area contributed by atoms with E-state index in [9.17, 15) is 15.0 Å². The van der Waals surface area contributed by atoms with Crippen molar-refractivity contribution in [2.24, 2.45) is 0 Å². The Labute approximate surface area is 363 Å². The molecule has 0 heterocycles. The minimum absolute atomic E-state index is 0.0945. The molecule has 332 valence electrons. The molecule has 0 unspecified atom stereocenters. The zero-order valence-corrected chi connectivity index (χ0v) is 39.6. The molecule has 3 atom stereocenters. The highest BCUT2D eigenvalue weighted by Crippen LogP contribution is 2.37. The van der Waals surface area contributed by atoms with Gasteiger partial charge in [0, 0.05) is 0 Å². The average molecular weight is 830 g/mol. The molecule has 0 aromatic heterocycles. The van der Waals surface area contributed by atoms with Crippen molar-refractivity contribution in [1.29, 1.82) is 0 Å². The van der Waals surface area contributed by atoms with Crippen LogP contribution in [0.25, 0.3) is 0 Å². The molecule has 0 saturated carbocycles. The summed E-state index contributed by atoms with van der Waals surface area (Å²) in [5.74, 6) is -0.525. The summed E-state index contributed by atoms with van der Waals surface area (Å²) in [4.78, 5) is 13.5. The predicted octanol–water partition coefficient (Wildman–Crippen LogP) is 12.8. The van der Waals surface area contributed by atoms with Crippen LogP contribution in [0.4, 0.5) is 0 Å². The molecule has 59 heavy (non-hydrogen) atoms. The van der Waals surface area contributed by atoms with Crippen molar-refractivity contribution in [3.05, 3.63) is 96.6 Å². The first-order valence-electron chi connectivity index (χ1n) is 24.0. The fourth-order valence-electron chi connectivity index (χ4n) is 8.14. The van der Waals surface area contributed by atoms with Crippen LogP contribution in [-0.2, 0) is 9.22 Å². The van der Waals surface area contributed by atoms with Gasteiger partial charge in [-0.2, -0.15) is 0 Å². The van der Waals surface area contributed by atoms with Crippen LogP contribution in [-0.4, -0.2) is 49.3 Å². The molecule has 0 bridgehead atoms. The number of unbranched alkanes of at least 4 members (excludes halogenated alkanes) is 19. The van der Waals surface area contributed by atoms with Crippen LogP contribution in [0.2, 0.25) is 5.04 Å². The van der Waals surface area contributed by atoms with E-state index in [4.69, 9.17) is 4.43 Å². The van der Waals surface area contributed by atoms with Crippen molar-refractivity contribution < 1.29 is 19.4 Å². The van der Waals surface area contributed by atoms with Gasteiger partial charge in [-0.25, -0.2) is 0 Å². The van der Waals surface area contributed by atoms with Crippen LogP contribution in [0.5, 0.6) is 0 Å². The largest absolute Gasteiger partial charge is 0.405 e. The summed E-state index contributed by atoms with van der Waals surface area (Å²) in [6.45, 7) is 13.5. The van der Waals surface area contributed by atoms with Gasteiger partial charge in [-0.15, -0.1) is 0 Å². The number of aliphatic hydroxyl groups is 2. The van der Waals surface area contributed by atoms with Gasteiger partial charge in [-0.1, -0.05) is 240 Å². The smallest absolute Gasteiger partial charge is 0.261 e. The molecular formula is C53H87NO4Si. The molecule has 0 fully saturated rings. The Morgan fingerprint density at radius 3 is 1.59 bits per heavy atom. The SMILES string of the molecule is CCCCCCCCCCCCCC/C=C/[C@@H](O)C(=O)N[C@@H](CO[Si](c1ccccc1)(c1ccccc1)C(C)(C)C)[C@H](O)/C=C/CC/C=C(\C)CCCCCCCCC. The van der Waals surface area contributed by atoms with E-state index in [2.05, 4.69) is 101 Å². The Kier molecular flexibility index (Phi) is 28.4. The average Bonchev–Trinajstić information content (AvgIpc) is 3.23. The highest BCUT2D eigenvalue weighted by atomic mass is 28.4. The number of carbonyl (C=O) groups excluding carboxylic acids is 1. The molecule has 0 aliphatic carbocycles. The van der Waals surface area contributed by atoms with Crippen LogP contribution in [0.15, 0.2) is 96.6 Å². The highest BCUT2D eigenvalue weighted by Gasteiger charge is 2.50. The van der Waals surface area contributed by atoms with E-state index >= 15 is 0 Å². The van der Waals surface area contributed by atoms with Crippen molar-refractivity contribution in [2.75, 3.05) is 6.61 Å². The number of hydrogen-bond donors (Lipinski definition) is 3. The van der Waals surface area contributed by atoms with Crippen LogP contribution < -0.4 is 15.7 Å². The minimum Gasteiger partial charge on any atom is -0.405 e. The van der Waals surface area contributed by atoms with Gasteiger partial charge in [0.05, 0.1) is 18.8 Å². The Hall–Kier alpha value is -2.77. The first-order valence-corrected chi connectivity index (χ1v) is 25.9. The lowest BCUT2D eigenvalue weighted by molar-refractivity contribution is -0.128. The number of hydrogen-bond acceptors (Lipinski definition) is 4. The Morgan fingerprint density at radius 2 is 1.10 bits per heavy atom. The summed E-state index contributed by atoms with van der Waals surface area (Å²) >= 11 is 0. The quantitative estimate of drug-likeness (QED) is 0.0373. The van der Waals surface area contributed by atoms with Gasteiger partial charge >= 0.3 is 0 Å². The Morgan fingerprint density at radius 1 is 0.644 bits per heavy atom. The first kappa shape index (κ1) is 52.4. The molecule has 0 aliphatic heterocycles. The molecule has 2 rings (SSSR count). The number of allylic oxidation sites excluding steroid dienone is 4. The number of rotatable bonds is 34. The molecule has 2 aromatic carbocycles. The summed E-state index contributed by atoms with van der Waals surface area (Å²) in [5.41, 5.74) is 1.43. The molecular weight excluding hydrogens is 743 g/mol. The van der Waals surface area contributed by atoms with Gasteiger partial charge in [-0.3, -0.25) is 4.79 Å². The predicted molar refractivity (Wildman–Crippen MR) is 257 cm³/mol. The van der Waals surface area contributed by atoms with Crippen LogP contribution >= 0.6 is 0 Å². The zero-order valence-electron chi connectivity index (χ0n) is 38.6. The van der Waals surface area contributed by atoms with Crippen LogP contribution in [0.1, 0.15) is 189 Å². The third-order valence-electron chi connectivity index (χ3n) is 11.8. The van der Waals surface area contributed by atoms with E-state index < -0.39 is 32.5 Å². The van der Waals surface area contributed by atoms with E-state index in [1.54, 1.807) is 12.2 Å².